The first-order valence-electron chi connectivity index (χ1n) is 6.30. The first-order chi connectivity index (χ1) is 13.4. The van der Waals surface area contributed by atoms with E-state index in [2.05, 4.69) is 0 Å². The van der Waals surface area contributed by atoms with Crippen LogP contribution in [0.25, 0.3) is 0 Å². The average Bonchev–Trinajstić information content (AvgIpc) is 2.60. The van der Waals surface area contributed by atoms with Gasteiger partial charge in [-0.15, -0.1) is 0 Å². The summed E-state index contributed by atoms with van der Waals surface area (Å²) in [6.45, 7) is 0. The molecule has 19 heteroatoms. The molecular weight excluding hydrogens is 519 g/mol. The van der Waals surface area contributed by atoms with E-state index >= 15 is 0 Å². The molecule has 0 aliphatic rings. The Balaban J connectivity index is 0.000000562. The Labute approximate surface area is 181 Å². The zero-order valence-electron chi connectivity index (χ0n) is 13.8. The molecule has 0 aliphatic carbocycles. The van der Waals surface area contributed by atoms with Gasteiger partial charge >= 0.3 is 23.1 Å². The zero-order valence-corrected chi connectivity index (χ0v) is 16.8. The van der Waals surface area contributed by atoms with Crippen molar-refractivity contribution in [3.63, 3.8) is 0 Å². The van der Waals surface area contributed by atoms with Crippen LogP contribution in [-0.2, 0) is 20.2 Å². The van der Waals surface area contributed by atoms with Crippen molar-refractivity contribution in [2.45, 2.75) is 9.79 Å². The van der Waals surface area contributed by atoms with Crippen LogP contribution in [0.1, 0.15) is 0 Å². The monoisotopic (exact) mass is 518 g/mol. The van der Waals surface area contributed by atoms with E-state index in [1.165, 1.54) is 0 Å². The normalized spacial score (nSPS) is 11.5. The minimum atomic E-state index is -5.77. The summed E-state index contributed by atoms with van der Waals surface area (Å²) in [7, 11) is -11.5. The van der Waals surface area contributed by atoms with E-state index in [1.807, 2.05) is 0 Å². The number of rotatable bonds is 2. The van der Waals surface area contributed by atoms with Gasteiger partial charge in [0.25, 0.3) is 0 Å². The van der Waals surface area contributed by atoms with Crippen molar-refractivity contribution in [2.75, 3.05) is 0 Å². The fourth-order valence-corrected chi connectivity index (χ4v) is 2.84. The third-order valence-electron chi connectivity index (χ3n) is 2.84. The zero-order chi connectivity index (χ0) is 23.9. The van der Waals surface area contributed by atoms with Gasteiger partial charge in [0.1, 0.15) is 30.0 Å². The summed E-state index contributed by atoms with van der Waals surface area (Å²) in [5, 5.41) is 0. The molecule has 0 fully saturated rings. The second-order valence-corrected chi connectivity index (χ2v) is 7.34. The van der Waals surface area contributed by atoms with Crippen LogP contribution in [0, 0.1) is 58.2 Å². The SMILES string of the molecule is O=S(=O)([O-])c1c(F)c(F)c(F)c(F)c1F.O=S(=O)([O-])c1c(F)c(F)c(F)c(F)c1F.[Mg+2]. The van der Waals surface area contributed by atoms with Gasteiger partial charge in [-0.1, -0.05) is 0 Å². The summed E-state index contributed by atoms with van der Waals surface area (Å²) in [6, 6.07) is 0. The van der Waals surface area contributed by atoms with E-state index in [0.29, 0.717) is 0 Å². The van der Waals surface area contributed by atoms with Gasteiger partial charge in [-0.2, -0.15) is 0 Å². The summed E-state index contributed by atoms with van der Waals surface area (Å²) < 4.78 is 186. The summed E-state index contributed by atoms with van der Waals surface area (Å²) in [5.74, 6) is -25.7. The Morgan fingerprint density at radius 2 is 0.516 bits per heavy atom. The minimum Gasteiger partial charge on any atom is -0.744 e. The molecule has 168 valence electrons. The Morgan fingerprint density at radius 3 is 0.645 bits per heavy atom. The van der Waals surface area contributed by atoms with Crippen LogP contribution in [0.3, 0.4) is 0 Å². The van der Waals surface area contributed by atoms with E-state index < -0.39 is 88.2 Å². The minimum absolute atomic E-state index is 0. The van der Waals surface area contributed by atoms with Gasteiger partial charge in [0, 0.05) is 0 Å². The van der Waals surface area contributed by atoms with Crippen LogP contribution < -0.4 is 0 Å². The quantitative estimate of drug-likeness (QED) is 0.198. The summed E-state index contributed by atoms with van der Waals surface area (Å²) >= 11 is 0. The van der Waals surface area contributed by atoms with E-state index in [1.54, 1.807) is 0 Å². The van der Waals surface area contributed by atoms with Gasteiger partial charge in [-0.25, -0.2) is 60.7 Å². The molecule has 2 aromatic carbocycles. The van der Waals surface area contributed by atoms with Gasteiger partial charge < -0.3 is 9.11 Å². The predicted molar refractivity (Wildman–Crippen MR) is 74.1 cm³/mol. The van der Waals surface area contributed by atoms with Gasteiger partial charge in [0.15, 0.2) is 46.5 Å². The molecule has 0 aromatic heterocycles. The van der Waals surface area contributed by atoms with Crippen LogP contribution >= 0.6 is 0 Å². The second kappa shape index (κ2) is 9.86. The predicted octanol–water partition coefficient (Wildman–Crippen LogP) is 2.19. The van der Waals surface area contributed by atoms with Gasteiger partial charge in [-0.05, 0) is 0 Å². The maximum absolute atomic E-state index is 12.6. The molecule has 0 bridgehead atoms. The van der Waals surface area contributed by atoms with Crippen molar-refractivity contribution in [1.29, 1.82) is 0 Å². The Bertz CT molecular complexity index is 1090. The topological polar surface area (TPSA) is 114 Å². The van der Waals surface area contributed by atoms with Crippen molar-refractivity contribution in [2.24, 2.45) is 0 Å². The Morgan fingerprint density at radius 1 is 0.387 bits per heavy atom. The van der Waals surface area contributed by atoms with Crippen molar-refractivity contribution >= 4 is 43.3 Å². The molecule has 2 rings (SSSR count). The van der Waals surface area contributed by atoms with Crippen molar-refractivity contribution in [3.8, 4) is 0 Å². The smallest absolute Gasteiger partial charge is 0.744 e. The van der Waals surface area contributed by atoms with Crippen LogP contribution in [-0.4, -0.2) is 49.0 Å². The third-order valence-corrected chi connectivity index (χ3v) is 4.56. The molecule has 0 heterocycles. The van der Waals surface area contributed by atoms with E-state index in [9.17, 15) is 69.8 Å². The van der Waals surface area contributed by atoms with Crippen molar-refractivity contribution in [1.82, 2.24) is 0 Å². The van der Waals surface area contributed by atoms with Crippen LogP contribution in [0.4, 0.5) is 43.9 Å². The van der Waals surface area contributed by atoms with Crippen molar-refractivity contribution in [3.05, 3.63) is 58.2 Å². The molecule has 31 heavy (non-hydrogen) atoms. The molecule has 6 nitrogen and oxygen atoms in total. The maximum Gasteiger partial charge on any atom is 2.00 e. The maximum atomic E-state index is 12.6. The molecule has 0 amide bonds. The molecule has 0 saturated heterocycles. The number of halogens is 10. The Hall–Kier alpha value is -1.67. The molecule has 0 saturated carbocycles. The summed E-state index contributed by atoms with van der Waals surface area (Å²) in [5.41, 5.74) is 0. The molecule has 0 aliphatic heterocycles. The number of hydrogen-bond acceptors (Lipinski definition) is 6. The number of benzene rings is 2. The van der Waals surface area contributed by atoms with E-state index in [4.69, 9.17) is 0 Å². The molecule has 0 N–H and O–H groups in total. The van der Waals surface area contributed by atoms with Crippen LogP contribution in [0.15, 0.2) is 9.79 Å². The molecule has 0 unspecified atom stereocenters. The molecule has 0 atom stereocenters. The Kier molecular flexibility index (Phi) is 9.32. The number of hydrogen-bond donors (Lipinski definition) is 0. The van der Waals surface area contributed by atoms with Crippen LogP contribution in [0.2, 0.25) is 0 Å². The van der Waals surface area contributed by atoms with Crippen LogP contribution in [0.5, 0.6) is 0 Å². The van der Waals surface area contributed by atoms with Crippen molar-refractivity contribution < 1.29 is 69.8 Å². The van der Waals surface area contributed by atoms with E-state index in [-0.39, 0.29) is 23.1 Å². The standard InChI is InChI=1S/2C6HF5O3S.Mg/c2*7-1-2(8)4(10)6(15(12,13)14)5(11)3(1)9;/h2*(H,12,13,14);/q;;+2/p-2. The molecule has 0 radical (unpaired) electrons. The third kappa shape index (κ3) is 5.77. The van der Waals surface area contributed by atoms with Gasteiger partial charge in [0.05, 0.1) is 0 Å². The molecular formula is C12F10MgO6S2. The summed E-state index contributed by atoms with van der Waals surface area (Å²) in [4.78, 5) is -4.75. The first kappa shape index (κ1) is 29.3. The fraction of sp³-hybridized carbons (Fsp3) is 0. The van der Waals surface area contributed by atoms with Gasteiger partial charge in [-0.3, -0.25) is 0 Å². The first-order valence-corrected chi connectivity index (χ1v) is 9.11. The van der Waals surface area contributed by atoms with E-state index in [0.717, 1.165) is 0 Å². The largest absolute Gasteiger partial charge is 2.00 e. The fourth-order valence-electron chi connectivity index (χ4n) is 1.61. The molecule has 2 aromatic rings. The van der Waals surface area contributed by atoms with Gasteiger partial charge in [0.2, 0.25) is 11.6 Å². The average molecular weight is 519 g/mol. The molecule has 0 spiro atoms. The second-order valence-electron chi connectivity index (χ2n) is 4.71. The summed E-state index contributed by atoms with van der Waals surface area (Å²) in [6.07, 6.45) is 0.